The molecule has 0 aliphatic carbocycles. The predicted molar refractivity (Wildman–Crippen MR) is 67.4 cm³/mol. The van der Waals surface area contributed by atoms with Crippen LogP contribution in [0, 0.1) is 0 Å². The van der Waals surface area contributed by atoms with Crippen molar-refractivity contribution in [2.75, 3.05) is 13.2 Å². The molecule has 2 aliphatic rings. The van der Waals surface area contributed by atoms with Crippen LogP contribution >= 0.6 is 0 Å². The first-order chi connectivity index (χ1) is 9.34. The van der Waals surface area contributed by atoms with Crippen molar-refractivity contribution in [3.8, 4) is 0 Å². The molecule has 5 heteroatoms. The Kier molecular flexibility index (Phi) is 2.08. The second kappa shape index (κ2) is 3.68. The van der Waals surface area contributed by atoms with Crippen molar-refractivity contribution in [3.05, 3.63) is 54.1 Å². The van der Waals surface area contributed by atoms with E-state index in [1.165, 1.54) is 0 Å². The molecule has 5 nitrogen and oxygen atoms in total. The molecule has 3 heterocycles. The maximum atomic E-state index is 12.5. The van der Waals surface area contributed by atoms with Gasteiger partial charge in [-0.05, 0) is 12.5 Å². The van der Waals surface area contributed by atoms with Gasteiger partial charge in [-0.2, -0.15) is 0 Å². The lowest BCUT2D eigenvalue weighted by atomic mass is 10.1. The number of nitrogens with zero attached hydrogens (tertiary/aromatic N) is 3. The molecule has 19 heavy (non-hydrogen) atoms. The van der Waals surface area contributed by atoms with Crippen LogP contribution < -0.4 is 0 Å². The van der Waals surface area contributed by atoms with Crippen molar-refractivity contribution < 1.29 is 9.53 Å². The molecule has 1 unspecified atom stereocenters. The SMILES string of the molecule is O=C1c2ccccc2C2(n3ccnc3)OCCCN12. The summed E-state index contributed by atoms with van der Waals surface area (Å²) in [6, 6.07) is 7.64. The van der Waals surface area contributed by atoms with Gasteiger partial charge in [0.15, 0.2) is 0 Å². The third-order valence-corrected chi connectivity index (χ3v) is 3.80. The number of ether oxygens (including phenoxy) is 1. The number of fused-ring (bicyclic) bond motifs is 3. The molecule has 1 fully saturated rings. The predicted octanol–water partition coefficient (Wildman–Crippen LogP) is 1.42. The number of hydrogen-bond donors (Lipinski definition) is 0. The highest BCUT2D eigenvalue weighted by atomic mass is 16.5. The molecule has 0 spiro atoms. The van der Waals surface area contributed by atoms with Crippen LogP contribution in [0.25, 0.3) is 0 Å². The van der Waals surface area contributed by atoms with Crippen LogP contribution in [0.1, 0.15) is 22.3 Å². The summed E-state index contributed by atoms with van der Waals surface area (Å²) in [4.78, 5) is 18.4. The Labute approximate surface area is 110 Å². The monoisotopic (exact) mass is 255 g/mol. The van der Waals surface area contributed by atoms with E-state index in [9.17, 15) is 4.79 Å². The molecule has 0 N–H and O–H groups in total. The molecular formula is C14H13N3O2. The van der Waals surface area contributed by atoms with Crippen molar-refractivity contribution in [1.82, 2.24) is 14.5 Å². The fraction of sp³-hybridized carbons (Fsp3) is 0.286. The van der Waals surface area contributed by atoms with Gasteiger partial charge in [0, 0.05) is 30.1 Å². The third kappa shape index (κ3) is 1.23. The van der Waals surface area contributed by atoms with E-state index in [0.717, 1.165) is 17.5 Å². The van der Waals surface area contributed by atoms with Gasteiger partial charge in [-0.3, -0.25) is 14.3 Å². The second-order valence-electron chi connectivity index (χ2n) is 4.78. The lowest BCUT2D eigenvalue weighted by Crippen LogP contribution is -2.54. The van der Waals surface area contributed by atoms with E-state index in [1.807, 2.05) is 35.0 Å². The smallest absolute Gasteiger partial charge is 0.258 e. The summed E-state index contributed by atoms with van der Waals surface area (Å²) in [6.07, 6.45) is 6.11. The molecule has 0 saturated carbocycles. The Hall–Kier alpha value is -2.14. The number of aromatic nitrogens is 2. The normalized spacial score (nSPS) is 25.3. The minimum atomic E-state index is -0.845. The van der Waals surface area contributed by atoms with Crippen LogP contribution in [0.15, 0.2) is 43.0 Å². The Morgan fingerprint density at radius 3 is 3.05 bits per heavy atom. The zero-order chi connectivity index (χ0) is 12.9. The van der Waals surface area contributed by atoms with Crippen molar-refractivity contribution >= 4 is 5.91 Å². The van der Waals surface area contributed by atoms with Crippen LogP contribution in [-0.4, -0.2) is 33.5 Å². The van der Waals surface area contributed by atoms with Gasteiger partial charge in [-0.15, -0.1) is 0 Å². The average molecular weight is 255 g/mol. The quantitative estimate of drug-likeness (QED) is 0.774. The van der Waals surface area contributed by atoms with Crippen LogP contribution in [-0.2, 0) is 10.6 Å². The summed E-state index contributed by atoms with van der Waals surface area (Å²) in [5, 5.41) is 0. The fourth-order valence-corrected chi connectivity index (χ4v) is 3.02. The van der Waals surface area contributed by atoms with E-state index in [4.69, 9.17) is 4.74 Å². The number of imidazole rings is 1. The van der Waals surface area contributed by atoms with E-state index in [-0.39, 0.29) is 5.91 Å². The lowest BCUT2D eigenvalue weighted by molar-refractivity contribution is -0.185. The van der Waals surface area contributed by atoms with Crippen LogP contribution in [0.4, 0.5) is 0 Å². The van der Waals surface area contributed by atoms with Crippen molar-refractivity contribution in [3.63, 3.8) is 0 Å². The number of hydrogen-bond acceptors (Lipinski definition) is 3. The van der Waals surface area contributed by atoms with Gasteiger partial charge in [0.2, 0.25) is 0 Å². The van der Waals surface area contributed by atoms with Crippen molar-refractivity contribution in [1.29, 1.82) is 0 Å². The largest absolute Gasteiger partial charge is 0.334 e. The lowest BCUT2D eigenvalue weighted by Gasteiger charge is -2.42. The first kappa shape index (κ1) is 10.8. The Balaban J connectivity index is 2.01. The summed E-state index contributed by atoms with van der Waals surface area (Å²) < 4.78 is 7.93. The summed E-state index contributed by atoms with van der Waals surface area (Å²) in [7, 11) is 0. The number of carbonyl (C=O) groups is 1. The number of benzene rings is 1. The number of amides is 1. The molecule has 0 radical (unpaired) electrons. The Morgan fingerprint density at radius 2 is 2.21 bits per heavy atom. The molecule has 1 atom stereocenters. The maximum Gasteiger partial charge on any atom is 0.258 e. The molecule has 4 rings (SSSR count). The molecule has 1 aromatic heterocycles. The first-order valence-corrected chi connectivity index (χ1v) is 6.38. The molecule has 1 saturated heterocycles. The van der Waals surface area contributed by atoms with Gasteiger partial charge in [-0.25, -0.2) is 4.98 Å². The highest BCUT2D eigenvalue weighted by molar-refractivity contribution is 5.99. The topological polar surface area (TPSA) is 47.4 Å². The fourth-order valence-electron chi connectivity index (χ4n) is 3.02. The number of rotatable bonds is 1. The highest BCUT2D eigenvalue weighted by Crippen LogP contribution is 2.43. The molecular weight excluding hydrogens is 242 g/mol. The minimum Gasteiger partial charge on any atom is -0.334 e. The Bertz CT molecular complexity index is 638. The summed E-state index contributed by atoms with van der Waals surface area (Å²) >= 11 is 0. The Morgan fingerprint density at radius 1 is 1.32 bits per heavy atom. The highest BCUT2D eigenvalue weighted by Gasteiger charge is 2.53. The summed E-state index contributed by atoms with van der Waals surface area (Å²) in [5.41, 5.74) is 1.62. The molecule has 2 aromatic rings. The number of carbonyl (C=O) groups excluding carboxylic acids is 1. The van der Waals surface area contributed by atoms with Gasteiger partial charge in [0.05, 0.1) is 12.9 Å². The molecule has 2 aliphatic heterocycles. The first-order valence-electron chi connectivity index (χ1n) is 6.38. The van der Waals surface area contributed by atoms with Gasteiger partial charge in [0.25, 0.3) is 11.8 Å². The van der Waals surface area contributed by atoms with Gasteiger partial charge >= 0.3 is 0 Å². The average Bonchev–Trinajstić information content (AvgIpc) is 3.07. The zero-order valence-electron chi connectivity index (χ0n) is 10.3. The summed E-state index contributed by atoms with van der Waals surface area (Å²) in [5.74, 6) is -0.813. The third-order valence-electron chi connectivity index (χ3n) is 3.80. The van der Waals surface area contributed by atoms with E-state index in [0.29, 0.717) is 13.2 Å². The van der Waals surface area contributed by atoms with E-state index in [1.54, 1.807) is 17.4 Å². The zero-order valence-corrected chi connectivity index (χ0v) is 10.3. The molecule has 96 valence electrons. The molecule has 0 bridgehead atoms. The van der Waals surface area contributed by atoms with Crippen LogP contribution in [0.3, 0.4) is 0 Å². The minimum absolute atomic E-state index is 0.0315. The van der Waals surface area contributed by atoms with Crippen molar-refractivity contribution in [2.45, 2.75) is 12.3 Å². The van der Waals surface area contributed by atoms with E-state index >= 15 is 0 Å². The molecule has 1 amide bonds. The van der Waals surface area contributed by atoms with Gasteiger partial charge < -0.3 is 4.74 Å². The van der Waals surface area contributed by atoms with Gasteiger partial charge in [0.1, 0.15) is 0 Å². The second-order valence-corrected chi connectivity index (χ2v) is 4.78. The molecule has 1 aromatic carbocycles. The maximum absolute atomic E-state index is 12.5. The van der Waals surface area contributed by atoms with E-state index in [2.05, 4.69) is 4.98 Å². The van der Waals surface area contributed by atoms with Gasteiger partial charge in [-0.1, -0.05) is 18.2 Å². The van der Waals surface area contributed by atoms with Crippen LogP contribution in [0.5, 0.6) is 0 Å². The summed E-state index contributed by atoms with van der Waals surface area (Å²) in [6.45, 7) is 1.34. The standard InChI is InChI=1S/C14H13N3O2/c18-13-11-4-1-2-5-12(11)14(16-8-6-15-10-16)17(13)7-3-9-19-14/h1-2,4-6,8,10H,3,7,9H2. The van der Waals surface area contributed by atoms with E-state index < -0.39 is 5.85 Å². The van der Waals surface area contributed by atoms with Crippen LogP contribution in [0.2, 0.25) is 0 Å². The van der Waals surface area contributed by atoms with Crippen molar-refractivity contribution in [2.24, 2.45) is 0 Å².